The maximum Gasteiger partial charge on any atom is 0.146 e. The van der Waals surface area contributed by atoms with Crippen LogP contribution in [0.1, 0.15) is 18.5 Å². The smallest absolute Gasteiger partial charge is 0.146 e. The average molecular weight is 269 g/mol. The Labute approximate surface area is 109 Å². The van der Waals surface area contributed by atoms with E-state index in [1.165, 1.54) is 30.5 Å². The van der Waals surface area contributed by atoms with Crippen LogP contribution in [-0.2, 0) is 0 Å². The number of aromatic nitrogens is 1. The van der Waals surface area contributed by atoms with Crippen LogP contribution < -0.4 is 5.32 Å². The largest absolute Gasteiger partial charge is 0.376 e. The molecule has 2 aromatic rings. The van der Waals surface area contributed by atoms with E-state index in [0.717, 1.165) is 6.20 Å². The third kappa shape index (κ3) is 2.96. The standard InChI is InChI=1S/C13H11ClF2N2/c1-8(9-4-11(15)7-17-6-9)18-13-5-10(14)2-3-12(13)16/h2-8,18H,1H3. The molecule has 18 heavy (non-hydrogen) atoms. The Balaban J connectivity index is 2.21. The minimum atomic E-state index is -0.423. The van der Waals surface area contributed by atoms with Crippen LogP contribution in [0.5, 0.6) is 0 Å². The van der Waals surface area contributed by atoms with Gasteiger partial charge in [0.25, 0.3) is 0 Å². The molecule has 0 aliphatic carbocycles. The molecular formula is C13H11ClF2N2. The first-order valence-electron chi connectivity index (χ1n) is 5.38. The lowest BCUT2D eigenvalue weighted by Gasteiger charge is -2.16. The van der Waals surface area contributed by atoms with Gasteiger partial charge in [-0.2, -0.15) is 0 Å². The molecule has 0 aliphatic heterocycles. The molecule has 1 aromatic carbocycles. The molecule has 0 spiro atoms. The van der Waals surface area contributed by atoms with Gasteiger partial charge in [-0.05, 0) is 36.8 Å². The lowest BCUT2D eigenvalue weighted by atomic mass is 10.1. The van der Waals surface area contributed by atoms with Crippen molar-refractivity contribution in [3.63, 3.8) is 0 Å². The fourth-order valence-corrected chi connectivity index (χ4v) is 1.76. The normalized spacial score (nSPS) is 12.2. The Morgan fingerprint density at radius 3 is 2.72 bits per heavy atom. The molecule has 1 atom stereocenters. The predicted molar refractivity (Wildman–Crippen MR) is 67.6 cm³/mol. The van der Waals surface area contributed by atoms with E-state index in [0.29, 0.717) is 10.6 Å². The molecule has 0 saturated carbocycles. The highest BCUT2D eigenvalue weighted by atomic mass is 35.5. The molecule has 0 amide bonds. The van der Waals surface area contributed by atoms with Gasteiger partial charge in [-0.25, -0.2) is 8.78 Å². The van der Waals surface area contributed by atoms with Crippen LogP contribution in [0.15, 0.2) is 36.7 Å². The summed E-state index contributed by atoms with van der Waals surface area (Å²) in [5.74, 6) is -0.830. The fourth-order valence-electron chi connectivity index (χ4n) is 1.59. The van der Waals surface area contributed by atoms with E-state index < -0.39 is 11.6 Å². The number of halogens is 3. The van der Waals surface area contributed by atoms with Crippen molar-refractivity contribution in [3.8, 4) is 0 Å². The highest BCUT2D eigenvalue weighted by Gasteiger charge is 2.10. The molecule has 2 rings (SSSR count). The number of pyridine rings is 1. The second kappa shape index (κ2) is 5.31. The predicted octanol–water partition coefficient (Wildman–Crippen LogP) is 4.19. The molecule has 0 fully saturated rings. The van der Waals surface area contributed by atoms with E-state index in [9.17, 15) is 8.78 Å². The topological polar surface area (TPSA) is 24.9 Å². The van der Waals surface area contributed by atoms with E-state index in [2.05, 4.69) is 10.3 Å². The molecule has 94 valence electrons. The second-order valence-electron chi connectivity index (χ2n) is 3.93. The summed E-state index contributed by atoms with van der Waals surface area (Å²) >= 11 is 5.79. The summed E-state index contributed by atoms with van der Waals surface area (Å²) < 4.78 is 26.5. The van der Waals surface area contributed by atoms with Crippen LogP contribution in [0.4, 0.5) is 14.5 Å². The van der Waals surface area contributed by atoms with Crippen LogP contribution in [0.25, 0.3) is 0 Å². The van der Waals surface area contributed by atoms with E-state index >= 15 is 0 Å². The molecular weight excluding hydrogens is 258 g/mol. The SMILES string of the molecule is CC(Nc1cc(Cl)ccc1F)c1cncc(F)c1. The molecule has 5 heteroatoms. The lowest BCUT2D eigenvalue weighted by molar-refractivity contribution is 0.614. The number of nitrogens with zero attached hydrogens (tertiary/aromatic N) is 1. The molecule has 0 aliphatic rings. The van der Waals surface area contributed by atoms with Gasteiger partial charge in [0.1, 0.15) is 11.6 Å². The van der Waals surface area contributed by atoms with Crippen molar-refractivity contribution in [1.82, 2.24) is 4.98 Å². The molecule has 1 aromatic heterocycles. The highest BCUT2D eigenvalue weighted by molar-refractivity contribution is 6.30. The first-order valence-corrected chi connectivity index (χ1v) is 5.76. The van der Waals surface area contributed by atoms with Crippen LogP contribution >= 0.6 is 11.6 Å². The number of anilines is 1. The number of nitrogens with one attached hydrogen (secondary N) is 1. The van der Waals surface area contributed by atoms with Crippen LogP contribution in [0, 0.1) is 11.6 Å². The van der Waals surface area contributed by atoms with Crippen molar-refractivity contribution in [3.05, 3.63) is 58.9 Å². The Bertz CT molecular complexity index is 560. The molecule has 2 nitrogen and oxygen atoms in total. The maximum absolute atomic E-state index is 13.5. The Hall–Kier alpha value is -1.68. The summed E-state index contributed by atoms with van der Waals surface area (Å²) in [6.07, 6.45) is 2.65. The monoisotopic (exact) mass is 268 g/mol. The van der Waals surface area contributed by atoms with Crippen LogP contribution in [-0.4, -0.2) is 4.98 Å². The highest BCUT2D eigenvalue weighted by Crippen LogP contribution is 2.24. The van der Waals surface area contributed by atoms with Gasteiger partial charge >= 0.3 is 0 Å². The zero-order chi connectivity index (χ0) is 13.1. The number of rotatable bonds is 3. The van der Waals surface area contributed by atoms with Crippen molar-refractivity contribution in [2.45, 2.75) is 13.0 Å². The zero-order valence-corrected chi connectivity index (χ0v) is 10.4. The maximum atomic E-state index is 13.5. The minimum Gasteiger partial charge on any atom is -0.376 e. The Morgan fingerprint density at radius 1 is 1.22 bits per heavy atom. The summed E-state index contributed by atoms with van der Waals surface area (Å²) in [5, 5.41) is 3.36. The van der Waals surface area contributed by atoms with Crippen LogP contribution in [0.2, 0.25) is 5.02 Å². The van der Waals surface area contributed by atoms with Gasteiger partial charge in [-0.3, -0.25) is 4.98 Å². The molecule has 0 saturated heterocycles. The van der Waals surface area contributed by atoms with E-state index in [4.69, 9.17) is 11.6 Å². The summed E-state index contributed by atoms with van der Waals surface area (Å²) in [7, 11) is 0. The molecule has 1 N–H and O–H groups in total. The molecule has 1 heterocycles. The Morgan fingerprint density at radius 2 is 2.00 bits per heavy atom. The van der Waals surface area contributed by atoms with Crippen molar-refractivity contribution < 1.29 is 8.78 Å². The number of hydrogen-bond acceptors (Lipinski definition) is 2. The van der Waals surface area contributed by atoms with Gasteiger partial charge in [0.15, 0.2) is 0 Å². The lowest BCUT2D eigenvalue weighted by Crippen LogP contribution is -2.08. The van der Waals surface area contributed by atoms with E-state index in [1.807, 2.05) is 0 Å². The van der Waals surface area contributed by atoms with Crippen molar-refractivity contribution >= 4 is 17.3 Å². The first-order chi connectivity index (χ1) is 8.56. The van der Waals surface area contributed by atoms with Gasteiger partial charge in [0.2, 0.25) is 0 Å². The van der Waals surface area contributed by atoms with Crippen molar-refractivity contribution in [2.75, 3.05) is 5.32 Å². The molecule has 0 radical (unpaired) electrons. The van der Waals surface area contributed by atoms with Gasteiger partial charge in [-0.15, -0.1) is 0 Å². The minimum absolute atomic E-state index is 0.277. The zero-order valence-electron chi connectivity index (χ0n) is 9.62. The summed E-state index contributed by atoms with van der Waals surface area (Å²) in [6.45, 7) is 1.79. The quantitative estimate of drug-likeness (QED) is 0.903. The summed E-state index contributed by atoms with van der Waals surface area (Å²) in [4.78, 5) is 3.75. The fraction of sp³-hybridized carbons (Fsp3) is 0.154. The summed E-state index contributed by atoms with van der Waals surface area (Å²) in [5.41, 5.74) is 0.911. The summed E-state index contributed by atoms with van der Waals surface area (Å²) in [6, 6.07) is 5.31. The second-order valence-corrected chi connectivity index (χ2v) is 4.36. The van der Waals surface area contributed by atoms with Crippen molar-refractivity contribution in [2.24, 2.45) is 0 Å². The number of benzene rings is 1. The molecule has 1 unspecified atom stereocenters. The van der Waals surface area contributed by atoms with Gasteiger partial charge in [0, 0.05) is 11.2 Å². The first kappa shape index (κ1) is 12.8. The van der Waals surface area contributed by atoms with Gasteiger partial charge in [0.05, 0.1) is 17.9 Å². The van der Waals surface area contributed by atoms with E-state index in [-0.39, 0.29) is 11.7 Å². The molecule has 0 bridgehead atoms. The van der Waals surface area contributed by atoms with Crippen LogP contribution in [0.3, 0.4) is 0 Å². The third-order valence-electron chi connectivity index (χ3n) is 2.53. The van der Waals surface area contributed by atoms with E-state index in [1.54, 1.807) is 6.92 Å². The number of hydrogen-bond donors (Lipinski definition) is 1. The van der Waals surface area contributed by atoms with Gasteiger partial charge in [-0.1, -0.05) is 11.6 Å². The third-order valence-corrected chi connectivity index (χ3v) is 2.76. The Kier molecular flexibility index (Phi) is 3.77. The van der Waals surface area contributed by atoms with Gasteiger partial charge < -0.3 is 5.32 Å². The van der Waals surface area contributed by atoms with Crippen molar-refractivity contribution in [1.29, 1.82) is 0 Å². The average Bonchev–Trinajstić information content (AvgIpc) is 2.34.